The Balaban J connectivity index is 2.28. The molecule has 8 atom stereocenters. The van der Waals surface area contributed by atoms with Gasteiger partial charge in [-0.25, -0.2) is 0 Å². The molecule has 57 heavy (non-hydrogen) atoms. The van der Waals surface area contributed by atoms with E-state index in [0.29, 0.717) is 12.8 Å². The Hall–Kier alpha value is -0.850. The van der Waals surface area contributed by atoms with Crippen LogP contribution in [-0.4, -0.2) is 98.7 Å². The maximum Gasteiger partial charge on any atom is 0.249 e. The summed E-state index contributed by atoms with van der Waals surface area (Å²) in [5.41, 5.74) is 0. The molecule has 1 aliphatic heterocycles. The number of ether oxygens (including phenoxy) is 2. The summed E-state index contributed by atoms with van der Waals surface area (Å²) in [6.07, 6.45) is 31.6. The number of hydrogen-bond acceptors (Lipinski definition) is 9. The van der Waals surface area contributed by atoms with Crippen molar-refractivity contribution in [2.24, 2.45) is 0 Å². The van der Waals surface area contributed by atoms with Gasteiger partial charge in [-0.2, -0.15) is 0 Å². The summed E-state index contributed by atoms with van der Waals surface area (Å²) in [5, 5.41) is 64.8. The van der Waals surface area contributed by atoms with Crippen molar-refractivity contribution in [2.45, 2.75) is 281 Å². The van der Waals surface area contributed by atoms with E-state index in [1.54, 1.807) is 0 Å². The third-order valence-electron chi connectivity index (χ3n) is 12.1. The van der Waals surface area contributed by atoms with Crippen LogP contribution in [0.25, 0.3) is 0 Å². The van der Waals surface area contributed by atoms with Gasteiger partial charge < -0.3 is 45.4 Å². The van der Waals surface area contributed by atoms with Gasteiger partial charge in [-0.15, -0.1) is 0 Å². The van der Waals surface area contributed by atoms with E-state index in [0.717, 1.165) is 44.9 Å². The van der Waals surface area contributed by atoms with Crippen molar-refractivity contribution in [1.29, 1.82) is 0 Å². The summed E-state index contributed by atoms with van der Waals surface area (Å²) in [7, 11) is 0. The first-order valence-corrected chi connectivity index (χ1v) is 24.3. The lowest BCUT2D eigenvalue weighted by Gasteiger charge is -2.40. The van der Waals surface area contributed by atoms with E-state index in [-0.39, 0.29) is 6.61 Å². The Labute approximate surface area is 349 Å². The quantitative estimate of drug-likeness (QED) is 0.0298. The molecule has 7 N–H and O–H groups in total. The second-order valence-corrected chi connectivity index (χ2v) is 17.4. The molecule has 1 aliphatic rings. The van der Waals surface area contributed by atoms with Gasteiger partial charge >= 0.3 is 0 Å². The molecule has 1 fully saturated rings. The highest BCUT2D eigenvalue weighted by molar-refractivity contribution is 5.80. The van der Waals surface area contributed by atoms with Gasteiger partial charge in [0.05, 0.1) is 25.4 Å². The van der Waals surface area contributed by atoms with Gasteiger partial charge in [0.15, 0.2) is 6.29 Å². The maximum atomic E-state index is 13.1. The second-order valence-electron chi connectivity index (χ2n) is 17.4. The maximum absolute atomic E-state index is 13.1. The zero-order chi connectivity index (χ0) is 41.8. The van der Waals surface area contributed by atoms with Crippen LogP contribution in [0.4, 0.5) is 0 Å². The Bertz CT molecular complexity index is 880. The highest BCUT2D eigenvalue weighted by Crippen LogP contribution is 2.23. The normalized spacial score (nSPS) is 21.4. The van der Waals surface area contributed by atoms with Crippen LogP contribution in [0, 0.1) is 0 Å². The molecule has 0 saturated carbocycles. The van der Waals surface area contributed by atoms with E-state index >= 15 is 0 Å². The Morgan fingerprint density at radius 3 is 1.25 bits per heavy atom. The minimum absolute atomic E-state index is 0.250. The molecule has 0 aromatic rings. The fourth-order valence-electron chi connectivity index (χ4n) is 8.05. The molecule has 0 aromatic carbocycles. The van der Waals surface area contributed by atoms with Crippen LogP contribution in [0.2, 0.25) is 0 Å². The van der Waals surface area contributed by atoms with E-state index in [1.165, 1.54) is 161 Å². The summed E-state index contributed by atoms with van der Waals surface area (Å²) in [5.74, 6) is -0.580. The third kappa shape index (κ3) is 28.3. The smallest absolute Gasteiger partial charge is 0.249 e. The van der Waals surface area contributed by atoms with Gasteiger partial charge in [0, 0.05) is 0 Å². The van der Waals surface area contributed by atoms with Crippen LogP contribution in [0.5, 0.6) is 0 Å². The molecule has 0 aliphatic carbocycles. The summed E-state index contributed by atoms with van der Waals surface area (Å²) in [4.78, 5) is 13.1. The molecule has 1 amide bonds. The monoisotopic (exact) mass is 816 g/mol. The number of hydrogen-bond donors (Lipinski definition) is 7. The van der Waals surface area contributed by atoms with E-state index in [9.17, 15) is 35.4 Å². The number of unbranched alkanes of at least 4 members (excludes halogenated alkanes) is 30. The van der Waals surface area contributed by atoms with Crippen LogP contribution in [0.3, 0.4) is 0 Å². The molecule has 8 unspecified atom stereocenters. The van der Waals surface area contributed by atoms with Gasteiger partial charge in [-0.1, -0.05) is 219 Å². The van der Waals surface area contributed by atoms with E-state index in [4.69, 9.17) is 9.47 Å². The molecule has 0 aromatic heterocycles. The molecule has 340 valence electrons. The van der Waals surface area contributed by atoms with Crippen molar-refractivity contribution in [1.82, 2.24) is 5.32 Å². The fourth-order valence-corrected chi connectivity index (χ4v) is 8.05. The minimum atomic E-state index is -1.59. The van der Waals surface area contributed by atoms with Crippen molar-refractivity contribution in [3.8, 4) is 0 Å². The van der Waals surface area contributed by atoms with Gasteiger partial charge in [-0.3, -0.25) is 4.79 Å². The first-order chi connectivity index (χ1) is 27.8. The molecular weight excluding hydrogens is 723 g/mol. The predicted molar refractivity (Wildman–Crippen MR) is 232 cm³/mol. The summed E-state index contributed by atoms with van der Waals surface area (Å²) < 4.78 is 11.2. The Kier molecular flexibility index (Phi) is 36.2. The van der Waals surface area contributed by atoms with Crippen molar-refractivity contribution >= 4 is 5.91 Å². The van der Waals surface area contributed by atoms with E-state index in [1.807, 2.05) is 0 Å². The number of amides is 1. The molecule has 10 nitrogen and oxygen atoms in total. The molecule has 0 spiro atoms. The van der Waals surface area contributed by atoms with Crippen LogP contribution in [-0.2, 0) is 14.3 Å². The van der Waals surface area contributed by atoms with Crippen LogP contribution < -0.4 is 5.32 Å². The molecule has 1 rings (SSSR count). The minimum Gasteiger partial charge on any atom is -0.394 e. The third-order valence-corrected chi connectivity index (χ3v) is 12.1. The molecule has 1 heterocycles. The van der Waals surface area contributed by atoms with Crippen molar-refractivity contribution < 1.29 is 44.9 Å². The van der Waals surface area contributed by atoms with Crippen molar-refractivity contribution in [3.63, 3.8) is 0 Å². The number of nitrogens with one attached hydrogen (secondary N) is 1. The average Bonchev–Trinajstić information content (AvgIpc) is 3.21. The highest BCUT2D eigenvalue weighted by Gasteiger charge is 2.44. The second kappa shape index (κ2) is 38.1. The molecular formula is C47H93NO9. The van der Waals surface area contributed by atoms with Gasteiger partial charge in [0.1, 0.15) is 30.5 Å². The summed E-state index contributed by atoms with van der Waals surface area (Å²) in [6.45, 7) is 3.67. The lowest BCUT2D eigenvalue weighted by atomic mass is 9.99. The molecule has 0 bridgehead atoms. The topological polar surface area (TPSA) is 169 Å². The first kappa shape index (κ1) is 54.2. The fraction of sp³-hybridized carbons (Fsp3) is 0.979. The number of carbonyl (C=O) groups is 1. The zero-order valence-corrected chi connectivity index (χ0v) is 37.0. The van der Waals surface area contributed by atoms with Crippen LogP contribution in [0.1, 0.15) is 232 Å². The number of aliphatic hydroxyl groups excluding tert-OH is 6. The SMILES string of the molecule is CCCCCCCCCCCCCCCCCCCCCCCC(O)C(=O)NC(COC1OC(CO)C(O)C(O)C1O)C(O)CCCCCCCCCCCCC. The zero-order valence-electron chi connectivity index (χ0n) is 37.0. The van der Waals surface area contributed by atoms with Gasteiger partial charge in [0.2, 0.25) is 5.91 Å². The van der Waals surface area contributed by atoms with Gasteiger partial charge in [0.25, 0.3) is 0 Å². The lowest BCUT2D eigenvalue weighted by molar-refractivity contribution is -0.302. The number of rotatable bonds is 41. The predicted octanol–water partition coefficient (Wildman–Crippen LogP) is 9.31. The molecule has 10 heteroatoms. The Morgan fingerprint density at radius 1 is 0.526 bits per heavy atom. The van der Waals surface area contributed by atoms with Crippen molar-refractivity contribution in [2.75, 3.05) is 13.2 Å². The molecule has 1 saturated heterocycles. The van der Waals surface area contributed by atoms with Crippen molar-refractivity contribution in [3.05, 3.63) is 0 Å². The first-order valence-electron chi connectivity index (χ1n) is 24.3. The van der Waals surface area contributed by atoms with Gasteiger partial charge in [-0.05, 0) is 12.8 Å². The summed E-state index contributed by atoms with van der Waals surface area (Å²) in [6, 6.07) is -0.887. The standard InChI is InChI=1S/C47H93NO9/c1-3-5-7-9-11-13-15-16-17-18-19-20-21-22-23-24-26-28-30-32-34-36-41(51)46(55)48-39(38-56-47-45(54)44(53)43(52)42(37-49)57-47)40(50)35-33-31-29-27-25-14-12-10-8-6-4-2/h39-45,47,49-54H,3-38H2,1-2H3,(H,48,55). The van der Waals surface area contributed by atoms with E-state index in [2.05, 4.69) is 19.2 Å². The molecule has 0 radical (unpaired) electrons. The lowest BCUT2D eigenvalue weighted by Crippen LogP contribution is -2.60. The average molecular weight is 816 g/mol. The number of aliphatic hydroxyl groups is 6. The number of carbonyl (C=O) groups excluding carboxylic acids is 1. The highest BCUT2D eigenvalue weighted by atomic mass is 16.7. The Morgan fingerprint density at radius 2 is 0.877 bits per heavy atom. The largest absolute Gasteiger partial charge is 0.394 e. The summed E-state index contributed by atoms with van der Waals surface area (Å²) >= 11 is 0. The van der Waals surface area contributed by atoms with Crippen LogP contribution >= 0.6 is 0 Å². The van der Waals surface area contributed by atoms with E-state index < -0.39 is 61.5 Å². The van der Waals surface area contributed by atoms with Crippen LogP contribution in [0.15, 0.2) is 0 Å².